The maximum atomic E-state index is 5.60. The van der Waals surface area contributed by atoms with Crippen LogP contribution in [-0.2, 0) is 0 Å². The maximum absolute atomic E-state index is 5.60. The average molecular weight is 171 g/mol. The van der Waals surface area contributed by atoms with Crippen LogP contribution in [0.5, 0.6) is 5.75 Å². The summed E-state index contributed by atoms with van der Waals surface area (Å²) >= 11 is 5.60. The van der Waals surface area contributed by atoms with Crippen LogP contribution in [0.15, 0.2) is 12.3 Å². The lowest BCUT2D eigenvalue weighted by atomic mass is 10.5. The van der Waals surface area contributed by atoms with E-state index < -0.39 is 0 Å². The minimum atomic E-state index is 0.378. The third-order valence-corrected chi connectivity index (χ3v) is 1.61. The number of aromatic nitrogens is 2. The van der Waals surface area contributed by atoms with Crippen LogP contribution in [0.3, 0.4) is 0 Å². The lowest BCUT2D eigenvalue weighted by Crippen LogP contribution is -1.96. The topological polar surface area (TPSA) is 35.0 Å². The van der Waals surface area contributed by atoms with E-state index in [0.717, 1.165) is 12.8 Å². The van der Waals surface area contributed by atoms with Crippen molar-refractivity contribution in [1.82, 2.24) is 10.2 Å². The summed E-state index contributed by atoms with van der Waals surface area (Å²) in [5.41, 5.74) is 0. The van der Waals surface area contributed by atoms with E-state index >= 15 is 0 Å². The molecule has 1 aromatic heterocycles. The second kappa shape index (κ2) is 2.66. The Morgan fingerprint density at radius 3 is 3.00 bits per heavy atom. The van der Waals surface area contributed by atoms with Crippen molar-refractivity contribution < 1.29 is 4.74 Å². The molecule has 1 aliphatic carbocycles. The quantitative estimate of drug-likeness (QED) is 0.677. The van der Waals surface area contributed by atoms with Crippen LogP contribution in [-0.4, -0.2) is 16.3 Å². The molecule has 0 spiro atoms. The normalized spacial score (nSPS) is 16.5. The molecule has 0 radical (unpaired) electrons. The highest BCUT2D eigenvalue weighted by atomic mass is 35.5. The van der Waals surface area contributed by atoms with Crippen molar-refractivity contribution in [2.75, 3.05) is 0 Å². The Labute approximate surface area is 69.3 Å². The summed E-state index contributed by atoms with van der Waals surface area (Å²) in [5, 5.41) is 7.64. The molecule has 1 aliphatic rings. The van der Waals surface area contributed by atoms with Gasteiger partial charge in [0, 0.05) is 6.07 Å². The highest BCUT2D eigenvalue weighted by molar-refractivity contribution is 6.29. The first-order valence-corrected chi connectivity index (χ1v) is 3.87. The zero-order valence-electron chi connectivity index (χ0n) is 5.83. The Morgan fingerprint density at radius 2 is 2.36 bits per heavy atom. The van der Waals surface area contributed by atoms with Gasteiger partial charge < -0.3 is 4.74 Å². The zero-order valence-corrected chi connectivity index (χ0v) is 6.58. The van der Waals surface area contributed by atoms with Gasteiger partial charge in [0.2, 0.25) is 0 Å². The second-order valence-corrected chi connectivity index (χ2v) is 2.92. The maximum Gasteiger partial charge on any atom is 0.155 e. The predicted octanol–water partition coefficient (Wildman–Crippen LogP) is 1.67. The number of hydrogen-bond donors (Lipinski definition) is 0. The SMILES string of the molecule is Clc1cc(OC2CC2)cnn1. The fourth-order valence-electron chi connectivity index (χ4n) is 0.767. The van der Waals surface area contributed by atoms with Crippen molar-refractivity contribution >= 4 is 11.6 Å². The van der Waals surface area contributed by atoms with Gasteiger partial charge in [0.05, 0.1) is 12.3 Å². The van der Waals surface area contributed by atoms with Crippen molar-refractivity contribution in [2.45, 2.75) is 18.9 Å². The molecule has 1 fully saturated rings. The minimum Gasteiger partial charge on any atom is -0.489 e. The molecule has 1 heterocycles. The summed E-state index contributed by atoms with van der Waals surface area (Å²) in [7, 11) is 0. The highest BCUT2D eigenvalue weighted by Gasteiger charge is 2.23. The van der Waals surface area contributed by atoms with E-state index in [1.54, 1.807) is 12.3 Å². The molecule has 1 saturated carbocycles. The van der Waals surface area contributed by atoms with Gasteiger partial charge in [0.25, 0.3) is 0 Å². The Morgan fingerprint density at radius 1 is 1.55 bits per heavy atom. The van der Waals surface area contributed by atoms with Crippen LogP contribution in [0.25, 0.3) is 0 Å². The van der Waals surface area contributed by atoms with Gasteiger partial charge in [0.1, 0.15) is 5.75 Å². The van der Waals surface area contributed by atoms with Gasteiger partial charge in [-0.1, -0.05) is 11.6 Å². The predicted molar refractivity (Wildman–Crippen MR) is 40.7 cm³/mol. The Hall–Kier alpha value is -0.830. The van der Waals surface area contributed by atoms with Gasteiger partial charge in [-0.3, -0.25) is 0 Å². The van der Waals surface area contributed by atoms with Gasteiger partial charge >= 0.3 is 0 Å². The Kier molecular flexibility index (Phi) is 1.66. The molecule has 0 N–H and O–H groups in total. The molecule has 0 saturated heterocycles. The van der Waals surface area contributed by atoms with E-state index in [1.807, 2.05) is 0 Å². The fourth-order valence-corrected chi connectivity index (χ4v) is 0.918. The van der Waals surface area contributed by atoms with Gasteiger partial charge in [-0.05, 0) is 12.8 Å². The first-order valence-electron chi connectivity index (χ1n) is 3.49. The van der Waals surface area contributed by atoms with Gasteiger partial charge in [-0.15, -0.1) is 5.10 Å². The summed E-state index contributed by atoms with van der Waals surface area (Å²) < 4.78 is 5.42. The lowest BCUT2D eigenvalue weighted by Gasteiger charge is -2.01. The number of hydrogen-bond acceptors (Lipinski definition) is 3. The van der Waals surface area contributed by atoms with E-state index in [-0.39, 0.29) is 0 Å². The van der Waals surface area contributed by atoms with Gasteiger partial charge in [-0.2, -0.15) is 5.10 Å². The third-order valence-electron chi connectivity index (χ3n) is 1.43. The third kappa shape index (κ3) is 1.80. The zero-order chi connectivity index (χ0) is 7.68. The van der Waals surface area contributed by atoms with Crippen LogP contribution >= 0.6 is 11.6 Å². The Balaban J connectivity index is 2.10. The molecular formula is C7H7ClN2O. The summed E-state index contributed by atoms with van der Waals surface area (Å²) in [6, 6.07) is 1.67. The smallest absolute Gasteiger partial charge is 0.155 e. The van der Waals surface area contributed by atoms with Crippen molar-refractivity contribution in [3.8, 4) is 5.75 Å². The van der Waals surface area contributed by atoms with Crippen molar-refractivity contribution in [3.63, 3.8) is 0 Å². The molecule has 1 aromatic rings. The summed E-state index contributed by atoms with van der Waals surface area (Å²) in [4.78, 5) is 0. The average Bonchev–Trinajstić information content (AvgIpc) is 2.71. The molecule has 0 aromatic carbocycles. The molecule has 4 heteroatoms. The van der Waals surface area contributed by atoms with Crippen molar-refractivity contribution in [1.29, 1.82) is 0 Å². The summed E-state index contributed by atoms with van der Waals surface area (Å²) in [6.07, 6.45) is 4.24. The first kappa shape index (κ1) is 6.85. The molecule has 0 bridgehead atoms. The molecule has 0 unspecified atom stereocenters. The molecule has 2 rings (SSSR count). The highest BCUT2D eigenvalue weighted by Crippen LogP contribution is 2.26. The van der Waals surface area contributed by atoms with E-state index in [2.05, 4.69) is 10.2 Å². The number of rotatable bonds is 2. The minimum absolute atomic E-state index is 0.378. The van der Waals surface area contributed by atoms with Crippen LogP contribution in [0.2, 0.25) is 5.15 Å². The molecule has 0 amide bonds. The largest absolute Gasteiger partial charge is 0.489 e. The van der Waals surface area contributed by atoms with Crippen LogP contribution in [0.4, 0.5) is 0 Å². The van der Waals surface area contributed by atoms with Crippen LogP contribution in [0.1, 0.15) is 12.8 Å². The summed E-state index contributed by atoms with van der Waals surface area (Å²) in [5.74, 6) is 0.715. The van der Waals surface area contributed by atoms with Crippen molar-refractivity contribution in [2.24, 2.45) is 0 Å². The van der Waals surface area contributed by atoms with E-state index in [9.17, 15) is 0 Å². The molecule has 11 heavy (non-hydrogen) atoms. The first-order chi connectivity index (χ1) is 5.34. The fraction of sp³-hybridized carbons (Fsp3) is 0.429. The van der Waals surface area contributed by atoms with Crippen molar-refractivity contribution in [3.05, 3.63) is 17.4 Å². The second-order valence-electron chi connectivity index (χ2n) is 2.53. The van der Waals surface area contributed by atoms with Crippen LogP contribution in [0, 0.1) is 0 Å². The summed E-state index contributed by atoms with van der Waals surface area (Å²) in [6.45, 7) is 0. The number of ether oxygens (including phenoxy) is 1. The number of nitrogens with zero attached hydrogens (tertiary/aromatic N) is 2. The van der Waals surface area contributed by atoms with E-state index in [4.69, 9.17) is 16.3 Å². The molecular weight excluding hydrogens is 164 g/mol. The molecule has 3 nitrogen and oxygen atoms in total. The van der Waals surface area contributed by atoms with E-state index in [1.165, 1.54) is 0 Å². The molecule has 58 valence electrons. The van der Waals surface area contributed by atoms with E-state index in [0.29, 0.717) is 17.0 Å². The Bertz CT molecular complexity index is 262. The van der Waals surface area contributed by atoms with Gasteiger partial charge in [-0.25, -0.2) is 0 Å². The van der Waals surface area contributed by atoms with Crippen LogP contribution < -0.4 is 4.74 Å². The molecule has 0 aliphatic heterocycles. The number of halogens is 1. The monoisotopic (exact) mass is 170 g/mol. The molecule has 0 atom stereocenters. The lowest BCUT2D eigenvalue weighted by molar-refractivity contribution is 0.301. The van der Waals surface area contributed by atoms with Gasteiger partial charge in [0.15, 0.2) is 5.15 Å². The standard InChI is InChI=1S/C7H7ClN2O/c8-7-3-6(4-9-10-7)11-5-1-2-5/h3-5H,1-2H2.